The third-order valence-electron chi connectivity index (χ3n) is 2.99. The normalized spacial score (nSPS) is 17.9. The van der Waals surface area contributed by atoms with Crippen molar-refractivity contribution in [3.05, 3.63) is 0 Å². The van der Waals surface area contributed by atoms with E-state index in [1.807, 2.05) is 20.8 Å². The molecule has 0 amide bonds. The molecule has 1 aromatic heterocycles. The van der Waals surface area contributed by atoms with Gasteiger partial charge in [0.05, 0.1) is 18.3 Å². The van der Waals surface area contributed by atoms with Gasteiger partial charge in [0, 0.05) is 19.6 Å². The lowest BCUT2D eigenvalue weighted by Gasteiger charge is -2.38. The van der Waals surface area contributed by atoms with E-state index in [9.17, 15) is 0 Å². The Kier molecular flexibility index (Phi) is 4.82. The van der Waals surface area contributed by atoms with Crippen molar-refractivity contribution in [2.45, 2.75) is 46.3 Å². The van der Waals surface area contributed by atoms with Crippen LogP contribution in [0.25, 0.3) is 0 Å². The van der Waals surface area contributed by atoms with Crippen molar-refractivity contribution in [1.29, 1.82) is 0 Å². The highest BCUT2D eigenvalue weighted by atomic mass is 16.5. The molecule has 0 atom stereocenters. The van der Waals surface area contributed by atoms with Crippen molar-refractivity contribution in [1.82, 2.24) is 15.0 Å². The molecule has 2 heterocycles. The zero-order chi connectivity index (χ0) is 15.5. The van der Waals surface area contributed by atoms with Gasteiger partial charge >= 0.3 is 6.01 Å². The Morgan fingerprint density at radius 3 is 2.71 bits per heavy atom. The Bertz CT molecular complexity index is 478. The molecule has 0 radical (unpaired) electrons. The molecule has 21 heavy (non-hydrogen) atoms. The average molecular weight is 295 g/mol. The van der Waals surface area contributed by atoms with Crippen LogP contribution in [0.1, 0.15) is 34.6 Å². The number of hydrogen-bond acceptors (Lipinski definition) is 7. The first kappa shape index (κ1) is 15.8. The molecule has 0 unspecified atom stereocenters. The van der Waals surface area contributed by atoms with Crippen molar-refractivity contribution in [3.63, 3.8) is 0 Å². The maximum Gasteiger partial charge on any atom is 0.323 e. The first-order valence-corrected chi connectivity index (χ1v) is 7.45. The van der Waals surface area contributed by atoms with Crippen LogP contribution in [0.15, 0.2) is 0 Å². The Morgan fingerprint density at radius 2 is 2.10 bits per heavy atom. The van der Waals surface area contributed by atoms with E-state index >= 15 is 0 Å². The summed E-state index contributed by atoms with van der Waals surface area (Å²) >= 11 is 0. The molecule has 0 aromatic carbocycles. The van der Waals surface area contributed by atoms with E-state index in [0.717, 1.165) is 19.6 Å². The van der Waals surface area contributed by atoms with Crippen molar-refractivity contribution in [2.75, 3.05) is 36.5 Å². The average Bonchev–Trinajstić information content (AvgIpc) is 2.36. The first-order chi connectivity index (χ1) is 9.89. The van der Waals surface area contributed by atoms with Gasteiger partial charge < -0.3 is 19.7 Å². The zero-order valence-electron chi connectivity index (χ0n) is 13.5. The molecular weight excluding hydrogens is 270 g/mol. The standard InChI is InChI=1S/C14H25N5O2/c1-6-15-11-16-12(18-13(17-11)21-10(2)3)19-7-8-20-14(4,5)9-19/h10H,6-9H2,1-5H3,(H,15,16,17,18). The number of anilines is 2. The number of nitrogens with zero attached hydrogens (tertiary/aromatic N) is 4. The van der Waals surface area contributed by atoms with E-state index in [4.69, 9.17) is 9.47 Å². The minimum Gasteiger partial charge on any atom is -0.461 e. The number of aromatic nitrogens is 3. The van der Waals surface area contributed by atoms with Crippen LogP contribution in [-0.4, -0.2) is 52.9 Å². The van der Waals surface area contributed by atoms with Crippen LogP contribution in [-0.2, 0) is 4.74 Å². The summed E-state index contributed by atoms with van der Waals surface area (Å²) in [6.45, 7) is 13.0. The molecule has 0 bridgehead atoms. The van der Waals surface area contributed by atoms with Gasteiger partial charge in [0.2, 0.25) is 11.9 Å². The van der Waals surface area contributed by atoms with E-state index < -0.39 is 0 Å². The maximum absolute atomic E-state index is 5.73. The van der Waals surface area contributed by atoms with Crippen LogP contribution >= 0.6 is 0 Å². The largest absolute Gasteiger partial charge is 0.461 e. The molecule has 2 rings (SSSR count). The highest BCUT2D eigenvalue weighted by molar-refractivity contribution is 5.39. The summed E-state index contributed by atoms with van der Waals surface area (Å²) in [5.41, 5.74) is -0.206. The fourth-order valence-corrected chi connectivity index (χ4v) is 2.18. The summed E-state index contributed by atoms with van der Waals surface area (Å²) in [4.78, 5) is 15.3. The Balaban J connectivity index is 2.26. The summed E-state index contributed by atoms with van der Waals surface area (Å²) in [6.07, 6.45) is 0.0239. The monoisotopic (exact) mass is 295 g/mol. The van der Waals surface area contributed by atoms with Gasteiger partial charge in [-0.05, 0) is 34.6 Å². The van der Waals surface area contributed by atoms with E-state index in [1.165, 1.54) is 0 Å². The number of nitrogens with one attached hydrogen (secondary N) is 1. The van der Waals surface area contributed by atoms with E-state index in [0.29, 0.717) is 24.5 Å². The minimum absolute atomic E-state index is 0.0239. The van der Waals surface area contributed by atoms with Crippen LogP contribution in [0.2, 0.25) is 0 Å². The molecule has 7 nitrogen and oxygen atoms in total. The quantitative estimate of drug-likeness (QED) is 0.886. The smallest absolute Gasteiger partial charge is 0.323 e. The molecule has 118 valence electrons. The van der Waals surface area contributed by atoms with E-state index in [-0.39, 0.29) is 11.7 Å². The third-order valence-corrected chi connectivity index (χ3v) is 2.99. The van der Waals surface area contributed by atoms with Crippen LogP contribution < -0.4 is 15.0 Å². The molecule has 1 aromatic rings. The molecule has 1 fully saturated rings. The van der Waals surface area contributed by atoms with E-state index in [1.54, 1.807) is 0 Å². The van der Waals surface area contributed by atoms with Crippen LogP contribution in [0, 0.1) is 0 Å². The van der Waals surface area contributed by atoms with Crippen molar-refractivity contribution in [2.24, 2.45) is 0 Å². The molecular formula is C14H25N5O2. The summed E-state index contributed by atoms with van der Waals surface area (Å²) < 4.78 is 11.4. The van der Waals surface area contributed by atoms with Crippen molar-refractivity contribution < 1.29 is 9.47 Å². The minimum atomic E-state index is -0.206. The lowest BCUT2D eigenvalue weighted by molar-refractivity contribution is -0.0282. The van der Waals surface area contributed by atoms with Gasteiger partial charge in [-0.25, -0.2) is 0 Å². The summed E-state index contributed by atoms with van der Waals surface area (Å²) in [6, 6.07) is 0.357. The highest BCUT2D eigenvalue weighted by Crippen LogP contribution is 2.22. The Hall–Kier alpha value is -1.63. The predicted octanol–water partition coefficient (Wildman–Crippen LogP) is 1.71. The van der Waals surface area contributed by atoms with Crippen molar-refractivity contribution in [3.8, 4) is 6.01 Å². The number of hydrogen-bond donors (Lipinski definition) is 1. The predicted molar refractivity (Wildman–Crippen MR) is 82.0 cm³/mol. The first-order valence-electron chi connectivity index (χ1n) is 7.45. The third kappa shape index (κ3) is 4.42. The molecule has 1 aliphatic heterocycles. The van der Waals surface area contributed by atoms with Crippen LogP contribution in [0.4, 0.5) is 11.9 Å². The number of morpholine rings is 1. The van der Waals surface area contributed by atoms with Gasteiger partial charge in [-0.3, -0.25) is 0 Å². The second-order valence-electron chi connectivity index (χ2n) is 5.97. The molecule has 0 aliphatic carbocycles. The lowest BCUT2D eigenvalue weighted by atomic mass is 10.1. The molecule has 1 aliphatic rings. The zero-order valence-corrected chi connectivity index (χ0v) is 13.5. The SMILES string of the molecule is CCNc1nc(OC(C)C)nc(N2CCOC(C)(C)C2)n1. The fraction of sp³-hybridized carbons (Fsp3) is 0.786. The molecule has 0 spiro atoms. The Morgan fingerprint density at radius 1 is 1.33 bits per heavy atom. The van der Waals surface area contributed by atoms with Crippen LogP contribution in [0.3, 0.4) is 0 Å². The van der Waals surface area contributed by atoms with Gasteiger partial charge in [-0.15, -0.1) is 0 Å². The number of rotatable bonds is 5. The Labute approximate surface area is 126 Å². The van der Waals surface area contributed by atoms with Gasteiger partial charge in [0.1, 0.15) is 0 Å². The maximum atomic E-state index is 5.73. The number of ether oxygens (including phenoxy) is 2. The van der Waals surface area contributed by atoms with Crippen LogP contribution in [0.5, 0.6) is 6.01 Å². The van der Waals surface area contributed by atoms with Gasteiger partial charge in [0.15, 0.2) is 0 Å². The van der Waals surface area contributed by atoms with E-state index in [2.05, 4.69) is 39.0 Å². The molecule has 1 N–H and O–H groups in total. The molecule has 1 saturated heterocycles. The van der Waals surface area contributed by atoms with Gasteiger partial charge in [-0.2, -0.15) is 15.0 Å². The fourth-order valence-electron chi connectivity index (χ4n) is 2.18. The summed E-state index contributed by atoms with van der Waals surface area (Å²) in [5, 5.41) is 3.12. The lowest BCUT2D eigenvalue weighted by Crippen LogP contribution is -2.49. The summed E-state index contributed by atoms with van der Waals surface area (Å²) in [7, 11) is 0. The second kappa shape index (κ2) is 6.43. The molecule has 0 saturated carbocycles. The second-order valence-corrected chi connectivity index (χ2v) is 5.97. The van der Waals surface area contributed by atoms with Crippen molar-refractivity contribution >= 4 is 11.9 Å². The highest BCUT2D eigenvalue weighted by Gasteiger charge is 2.29. The topological polar surface area (TPSA) is 72.4 Å². The molecule has 7 heteroatoms. The van der Waals surface area contributed by atoms with Gasteiger partial charge in [0.25, 0.3) is 0 Å². The summed E-state index contributed by atoms with van der Waals surface area (Å²) in [5.74, 6) is 1.18. The van der Waals surface area contributed by atoms with Gasteiger partial charge in [-0.1, -0.05) is 0 Å².